The Labute approximate surface area is 118 Å². The van der Waals surface area contributed by atoms with Crippen LogP contribution in [0.25, 0.3) is 11.0 Å². The maximum absolute atomic E-state index is 6.33. The molecule has 0 spiro atoms. The molecule has 2 aliphatic carbocycles. The molecule has 0 unspecified atom stereocenters. The molecule has 1 N–H and O–H groups in total. The van der Waals surface area contributed by atoms with E-state index in [4.69, 9.17) is 16.0 Å². The molecular weight excluding hydrogens is 258 g/mol. The molecule has 0 aliphatic heterocycles. The number of halogens is 1. The van der Waals surface area contributed by atoms with Gasteiger partial charge in [-0.2, -0.15) is 0 Å². The lowest BCUT2D eigenvalue weighted by Crippen LogP contribution is -2.15. The number of fused-ring (bicyclic) bond motifs is 1. The normalized spacial score (nSPS) is 19.3. The third-order valence-corrected chi connectivity index (χ3v) is 4.40. The quantitative estimate of drug-likeness (QED) is 0.887. The second-order valence-corrected chi connectivity index (χ2v) is 6.40. The number of benzene rings is 1. The maximum atomic E-state index is 6.33. The first-order valence-corrected chi connectivity index (χ1v) is 7.55. The van der Waals surface area contributed by atoms with E-state index in [-0.39, 0.29) is 0 Å². The lowest BCUT2D eigenvalue weighted by Gasteiger charge is -2.02. The summed E-state index contributed by atoms with van der Waals surface area (Å²) in [5.41, 5.74) is 3.50. The lowest BCUT2D eigenvalue weighted by atomic mass is 10.0. The van der Waals surface area contributed by atoms with Gasteiger partial charge in [-0.05, 0) is 56.2 Å². The molecule has 0 atom stereocenters. The van der Waals surface area contributed by atoms with Gasteiger partial charge in [0.1, 0.15) is 5.76 Å². The molecule has 0 radical (unpaired) electrons. The molecule has 2 aliphatic rings. The van der Waals surface area contributed by atoms with Gasteiger partial charge >= 0.3 is 0 Å². The van der Waals surface area contributed by atoms with Gasteiger partial charge in [-0.1, -0.05) is 11.6 Å². The zero-order valence-corrected chi connectivity index (χ0v) is 11.9. The summed E-state index contributed by atoms with van der Waals surface area (Å²) in [5.74, 6) is 1.80. The third-order valence-electron chi connectivity index (χ3n) is 4.12. The molecule has 4 rings (SSSR count). The Balaban J connectivity index is 1.81. The van der Waals surface area contributed by atoms with E-state index in [1.54, 1.807) is 0 Å². The minimum absolute atomic E-state index is 0.690. The molecule has 2 saturated carbocycles. The minimum Gasteiger partial charge on any atom is -0.458 e. The van der Waals surface area contributed by atoms with Crippen molar-refractivity contribution in [1.29, 1.82) is 0 Å². The van der Waals surface area contributed by atoms with Gasteiger partial charge in [-0.3, -0.25) is 0 Å². The standard InChI is InChI=1S/C16H18ClNO/c1-9-6-12-15(10-2-3-10)14(8-18-11-4-5-11)19-16(12)13(17)7-9/h6-7,10-11,18H,2-5,8H2,1H3. The smallest absolute Gasteiger partial charge is 0.153 e. The van der Waals surface area contributed by atoms with Crippen LogP contribution >= 0.6 is 11.6 Å². The monoisotopic (exact) mass is 275 g/mol. The predicted molar refractivity (Wildman–Crippen MR) is 77.8 cm³/mol. The van der Waals surface area contributed by atoms with E-state index >= 15 is 0 Å². The molecule has 1 aromatic carbocycles. The number of nitrogens with one attached hydrogen (secondary N) is 1. The van der Waals surface area contributed by atoms with Crippen molar-refractivity contribution in [2.45, 2.75) is 51.1 Å². The Morgan fingerprint density at radius 1 is 1.26 bits per heavy atom. The second-order valence-electron chi connectivity index (χ2n) is 5.99. The van der Waals surface area contributed by atoms with E-state index in [0.29, 0.717) is 12.0 Å². The van der Waals surface area contributed by atoms with Gasteiger partial charge in [0.25, 0.3) is 0 Å². The first-order chi connectivity index (χ1) is 9.22. The van der Waals surface area contributed by atoms with E-state index in [2.05, 4.69) is 18.3 Å². The molecule has 100 valence electrons. The van der Waals surface area contributed by atoms with Crippen LogP contribution in [0.1, 0.15) is 48.5 Å². The minimum atomic E-state index is 0.690. The molecule has 1 aromatic heterocycles. The lowest BCUT2D eigenvalue weighted by molar-refractivity contribution is 0.506. The molecule has 2 aromatic rings. The highest BCUT2D eigenvalue weighted by Gasteiger charge is 2.32. The number of hydrogen-bond donors (Lipinski definition) is 1. The molecular formula is C16H18ClNO. The van der Waals surface area contributed by atoms with Crippen LogP contribution in [0.5, 0.6) is 0 Å². The van der Waals surface area contributed by atoms with Crippen molar-refractivity contribution in [1.82, 2.24) is 5.32 Å². The Morgan fingerprint density at radius 2 is 2.05 bits per heavy atom. The third kappa shape index (κ3) is 2.17. The first kappa shape index (κ1) is 11.8. The van der Waals surface area contributed by atoms with E-state index in [9.17, 15) is 0 Å². The van der Waals surface area contributed by atoms with E-state index in [0.717, 1.165) is 22.9 Å². The van der Waals surface area contributed by atoms with Gasteiger partial charge in [0.2, 0.25) is 0 Å². The summed E-state index contributed by atoms with van der Waals surface area (Å²) in [6, 6.07) is 4.92. The summed E-state index contributed by atoms with van der Waals surface area (Å²) in [6.07, 6.45) is 5.19. The SMILES string of the molecule is Cc1cc(Cl)c2oc(CNC3CC3)c(C3CC3)c2c1. The summed E-state index contributed by atoms with van der Waals surface area (Å²) in [5, 5.41) is 5.54. The second kappa shape index (κ2) is 4.26. The average molecular weight is 276 g/mol. The molecule has 0 saturated heterocycles. The largest absolute Gasteiger partial charge is 0.458 e. The van der Waals surface area contributed by atoms with Crippen molar-refractivity contribution in [3.63, 3.8) is 0 Å². The Hall–Kier alpha value is -0.990. The molecule has 1 heterocycles. The fourth-order valence-corrected chi connectivity index (χ4v) is 3.15. The zero-order valence-electron chi connectivity index (χ0n) is 11.1. The van der Waals surface area contributed by atoms with Crippen LogP contribution in [0.15, 0.2) is 16.5 Å². The van der Waals surface area contributed by atoms with Crippen LogP contribution in [-0.2, 0) is 6.54 Å². The van der Waals surface area contributed by atoms with E-state index in [1.807, 2.05) is 6.07 Å². The maximum Gasteiger partial charge on any atom is 0.153 e. The van der Waals surface area contributed by atoms with E-state index in [1.165, 1.54) is 42.2 Å². The van der Waals surface area contributed by atoms with Crippen LogP contribution in [-0.4, -0.2) is 6.04 Å². The summed E-state index contributed by atoms with van der Waals surface area (Å²) >= 11 is 6.33. The molecule has 2 fully saturated rings. The van der Waals surface area contributed by atoms with E-state index < -0.39 is 0 Å². The van der Waals surface area contributed by atoms with Crippen LogP contribution in [0.2, 0.25) is 5.02 Å². The highest BCUT2D eigenvalue weighted by Crippen LogP contribution is 2.47. The number of furan rings is 1. The molecule has 2 nitrogen and oxygen atoms in total. The Kier molecular flexibility index (Phi) is 2.64. The van der Waals surface area contributed by atoms with Crippen LogP contribution in [0, 0.1) is 6.92 Å². The fourth-order valence-electron chi connectivity index (χ4n) is 2.84. The van der Waals surface area contributed by atoms with Gasteiger partial charge < -0.3 is 9.73 Å². The van der Waals surface area contributed by atoms with Gasteiger partial charge in [0.05, 0.1) is 11.6 Å². The Morgan fingerprint density at radius 3 is 2.74 bits per heavy atom. The summed E-state index contributed by atoms with van der Waals surface area (Å²) < 4.78 is 6.07. The molecule has 0 bridgehead atoms. The van der Waals surface area contributed by atoms with Crippen molar-refractivity contribution in [2.24, 2.45) is 0 Å². The van der Waals surface area contributed by atoms with Crippen molar-refractivity contribution < 1.29 is 4.42 Å². The summed E-state index contributed by atoms with van der Waals surface area (Å²) in [7, 11) is 0. The van der Waals surface area contributed by atoms with Gasteiger partial charge in [0, 0.05) is 17.0 Å². The van der Waals surface area contributed by atoms with Crippen molar-refractivity contribution in [3.05, 3.63) is 34.0 Å². The highest BCUT2D eigenvalue weighted by molar-refractivity contribution is 6.35. The molecule has 19 heavy (non-hydrogen) atoms. The Bertz CT molecular complexity index is 638. The topological polar surface area (TPSA) is 25.2 Å². The molecule has 3 heteroatoms. The van der Waals surface area contributed by atoms with Gasteiger partial charge in [-0.25, -0.2) is 0 Å². The molecule has 0 amide bonds. The van der Waals surface area contributed by atoms with Crippen molar-refractivity contribution in [3.8, 4) is 0 Å². The summed E-state index contributed by atoms with van der Waals surface area (Å²) in [6.45, 7) is 2.94. The van der Waals surface area contributed by atoms with Crippen molar-refractivity contribution >= 4 is 22.6 Å². The van der Waals surface area contributed by atoms with Crippen molar-refractivity contribution in [2.75, 3.05) is 0 Å². The summed E-state index contributed by atoms with van der Waals surface area (Å²) in [4.78, 5) is 0. The average Bonchev–Trinajstić information content (AvgIpc) is 3.26. The number of hydrogen-bond acceptors (Lipinski definition) is 2. The van der Waals surface area contributed by atoms with Crippen LogP contribution in [0.4, 0.5) is 0 Å². The zero-order chi connectivity index (χ0) is 13.0. The highest BCUT2D eigenvalue weighted by atomic mass is 35.5. The number of rotatable bonds is 4. The fraction of sp³-hybridized carbons (Fsp3) is 0.500. The van der Waals surface area contributed by atoms with Gasteiger partial charge in [0.15, 0.2) is 5.58 Å². The van der Waals surface area contributed by atoms with Crippen LogP contribution in [0.3, 0.4) is 0 Å². The van der Waals surface area contributed by atoms with Crippen LogP contribution < -0.4 is 5.32 Å². The number of aryl methyl sites for hydroxylation is 1. The van der Waals surface area contributed by atoms with Gasteiger partial charge in [-0.15, -0.1) is 0 Å². The first-order valence-electron chi connectivity index (χ1n) is 7.17. The predicted octanol–water partition coefficient (Wildman–Crippen LogP) is 4.52.